The summed E-state index contributed by atoms with van der Waals surface area (Å²) in [4.78, 5) is 28.7. The van der Waals surface area contributed by atoms with Crippen LogP contribution in [0.25, 0.3) is 15.9 Å². The van der Waals surface area contributed by atoms with E-state index in [1.54, 1.807) is 19.2 Å². The maximum atomic E-state index is 14.6. The molecule has 1 saturated heterocycles. The highest BCUT2D eigenvalue weighted by molar-refractivity contribution is 5.87. The highest BCUT2D eigenvalue weighted by Gasteiger charge is 2.35. The lowest BCUT2D eigenvalue weighted by atomic mass is 10.0. The first-order chi connectivity index (χ1) is 17.0. The first kappa shape index (κ1) is 25.4. The molecule has 1 aliphatic rings. The van der Waals surface area contributed by atoms with E-state index < -0.39 is 23.6 Å². The molecular formula is C24H24F4N6O2. The van der Waals surface area contributed by atoms with E-state index in [0.29, 0.717) is 36.4 Å². The second-order valence-electron chi connectivity index (χ2n) is 8.72. The minimum atomic E-state index is -4.89. The summed E-state index contributed by atoms with van der Waals surface area (Å²) in [7, 11) is 1.59. The molecule has 0 aliphatic carbocycles. The average Bonchev–Trinajstić information content (AvgIpc) is 2.82. The molecule has 0 saturated carbocycles. The molecule has 0 bridgehead atoms. The Morgan fingerprint density at radius 1 is 1.19 bits per heavy atom. The van der Waals surface area contributed by atoms with Gasteiger partial charge in [-0.3, -0.25) is 9.47 Å². The molecule has 0 amide bonds. The number of hydrogen-bond acceptors (Lipinski definition) is 6. The largest absolute Gasteiger partial charge is 0.573 e. The van der Waals surface area contributed by atoms with Crippen molar-refractivity contribution in [3.05, 3.63) is 63.6 Å². The molecule has 0 unspecified atom stereocenters. The van der Waals surface area contributed by atoms with E-state index in [2.05, 4.69) is 24.4 Å². The molecule has 12 heteroatoms. The number of hydrogen-bond donors (Lipinski definition) is 0. The molecule has 36 heavy (non-hydrogen) atoms. The second-order valence-corrected chi connectivity index (χ2v) is 8.72. The quantitative estimate of drug-likeness (QED) is 0.379. The third-order valence-electron chi connectivity index (χ3n) is 6.36. The third-order valence-corrected chi connectivity index (χ3v) is 6.36. The maximum Gasteiger partial charge on any atom is 0.573 e. The van der Waals surface area contributed by atoms with Crippen LogP contribution in [0.1, 0.15) is 25.8 Å². The normalized spacial score (nSPS) is 18.9. The van der Waals surface area contributed by atoms with E-state index in [1.165, 1.54) is 10.6 Å². The van der Waals surface area contributed by atoms with Crippen LogP contribution in [0.3, 0.4) is 0 Å². The van der Waals surface area contributed by atoms with Crippen LogP contribution >= 0.6 is 0 Å². The minimum Gasteiger partial charge on any atom is -0.406 e. The Morgan fingerprint density at radius 3 is 2.58 bits per heavy atom. The lowest BCUT2D eigenvalue weighted by Gasteiger charge is -2.45. The zero-order chi connectivity index (χ0) is 26.2. The molecule has 3 aromatic rings. The number of aryl methyl sites for hydroxylation is 1. The molecule has 0 radical (unpaired) electrons. The fourth-order valence-electron chi connectivity index (χ4n) is 4.52. The summed E-state index contributed by atoms with van der Waals surface area (Å²) >= 11 is 0. The number of aromatic nitrogens is 3. The van der Waals surface area contributed by atoms with E-state index in [4.69, 9.17) is 6.57 Å². The van der Waals surface area contributed by atoms with Gasteiger partial charge in [0.2, 0.25) is 5.52 Å². The van der Waals surface area contributed by atoms with E-state index in [0.717, 1.165) is 12.1 Å². The number of rotatable bonds is 5. The van der Waals surface area contributed by atoms with Crippen molar-refractivity contribution in [2.45, 2.75) is 45.3 Å². The summed E-state index contributed by atoms with van der Waals surface area (Å²) < 4.78 is 57.1. The number of pyridine rings is 1. The smallest absolute Gasteiger partial charge is 0.406 e. The van der Waals surface area contributed by atoms with Crippen molar-refractivity contribution in [2.24, 2.45) is 7.05 Å². The van der Waals surface area contributed by atoms with Gasteiger partial charge in [0, 0.05) is 50.4 Å². The van der Waals surface area contributed by atoms with Gasteiger partial charge in [0.15, 0.2) is 5.82 Å². The van der Waals surface area contributed by atoms with Gasteiger partial charge in [-0.1, -0.05) is 19.6 Å². The van der Waals surface area contributed by atoms with Crippen molar-refractivity contribution in [1.82, 2.24) is 19.4 Å². The highest BCUT2D eigenvalue weighted by atomic mass is 19.4. The Hall–Kier alpha value is -3.72. The summed E-state index contributed by atoms with van der Waals surface area (Å²) in [5, 5.41) is 0. The molecule has 2 aromatic heterocycles. The number of piperazine rings is 1. The summed E-state index contributed by atoms with van der Waals surface area (Å²) in [6.07, 6.45) is -4.20. The van der Waals surface area contributed by atoms with Gasteiger partial charge in [0.25, 0.3) is 5.82 Å². The van der Waals surface area contributed by atoms with Crippen molar-refractivity contribution in [3.63, 3.8) is 0 Å². The summed E-state index contributed by atoms with van der Waals surface area (Å²) in [5.74, 6) is -0.805. The van der Waals surface area contributed by atoms with Crippen LogP contribution in [-0.2, 0) is 13.6 Å². The number of nitrogens with zero attached hydrogens (tertiary/aromatic N) is 6. The Morgan fingerprint density at radius 2 is 1.94 bits per heavy atom. The SMILES string of the molecule is [C-]#[N+]c1ccc2c(n1)c(N1C[C@@H](CC)N(Cc3ccc(OC(F)(F)F)cc3F)C[C@@H]1C)nc(=O)n2C. The number of halogens is 4. The Balaban J connectivity index is 1.62. The second kappa shape index (κ2) is 9.73. The van der Waals surface area contributed by atoms with Crippen molar-refractivity contribution in [2.75, 3.05) is 18.0 Å². The fraction of sp³-hybridized carbons (Fsp3) is 0.417. The number of ether oxygens (including phenoxy) is 1. The van der Waals surface area contributed by atoms with Crippen molar-refractivity contribution >= 4 is 22.7 Å². The van der Waals surface area contributed by atoms with Gasteiger partial charge in [-0.05, 0) is 31.5 Å². The van der Waals surface area contributed by atoms with Crippen LogP contribution in [0.2, 0.25) is 0 Å². The zero-order valence-electron chi connectivity index (χ0n) is 19.9. The summed E-state index contributed by atoms with van der Waals surface area (Å²) in [5.41, 5.74) is 0.820. The van der Waals surface area contributed by atoms with Gasteiger partial charge in [-0.15, -0.1) is 18.2 Å². The zero-order valence-corrected chi connectivity index (χ0v) is 19.9. The Labute approximate surface area is 204 Å². The number of fused-ring (bicyclic) bond motifs is 1. The van der Waals surface area contributed by atoms with E-state index in [-0.39, 0.29) is 30.0 Å². The highest BCUT2D eigenvalue weighted by Crippen LogP contribution is 2.31. The molecule has 1 aromatic carbocycles. The molecule has 190 valence electrons. The number of anilines is 1. The fourth-order valence-corrected chi connectivity index (χ4v) is 4.52. The number of benzene rings is 1. The first-order valence-corrected chi connectivity index (χ1v) is 11.3. The molecule has 0 N–H and O–H groups in total. The van der Waals surface area contributed by atoms with Crippen molar-refractivity contribution in [3.8, 4) is 5.75 Å². The van der Waals surface area contributed by atoms with Crippen LogP contribution in [-0.4, -0.2) is 51.0 Å². The van der Waals surface area contributed by atoms with E-state index in [1.807, 2.05) is 18.7 Å². The van der Waals surface area contributed by atoms with Crippen LogP contribution in [0.4, 0.5) is 29.2 Å². The topological polar surface area (TPSA) is 67.9 Å². The molecular weight excluding hydrogens is 480 g/mol. The molecule has 1 aliphatic heterocycles. The van der Waals surface area contributed by atoms with Crippen molar-refractivity contribution < 1.29 is 22.3 Å². The van der Waals surface area contributed by atoms with Gasteiger partial charge < -0.3 is 14.5 Å². The Kier molecular flexibility index (Phi) is 6.86. The van der Waals surface area contributed by atoms with E-state index in [9.17, 15) is 22.4 Å². The van der Waals surface area contributed by atoms with Gasteiger partial charge in [0.1, 0.15) is 11.6 Å². The maximum absolute atomic E-state index is 14.6. The van der Waals surface area contributed by atoms with Crippen LogP contribution in [0.15, 0.2) is 35.1 Å². The van der Waals surface area contributed by atoms with Gasteiger partial charge in [0.05, 0.1) is 5.52 Å². The predicted octanol–water partition coefficient (Wildman–Crippen LogP) is 4.41. The van der Waals surface area contributed by atoms with Crippen LogP contribution in [0, 0.1) is 12.4 Å². The monoisotopic (exact) mass is 504 g/mol. The van der Waals surface area contributed by atoms with E-state index >= 15 is 0 Å². The molecule has 3 heterocycles. The molecule has 1 fully saturated rings. The summed E-state index contributed by atoms with van der Waals surface area (Å²) in [6.45, 7) is 12.4. The number of alkyl halides is 3. The molecule has 0 spiro atoms. The van der Waals surface area contributed by atoms with Crippen molar-refractivity contribution in [1.29, 1.82) is 0 Å². The van der Waals surface area contributed by atoms with Gasteiger partial charge in [-0.25, -0.2) is 9.18 Å². The van der Waals surface area contributed by atoms with Gasteiger partial charge >= 0.3 is 12.1 Å². The lowest BCUT2D eigenvalue weighted by molar-refractivity contribution is -0.274. The standard InChI is InChI=1S/C24H24F4N6O2/c1-5-16-13-34(22-21-19(32(4)23(35)31-22)8-9-20(29-3)30-21)14(2)11-33(16)12-15-6-7-17(10-18(15)25)36-24(26,27)28/h6-10,14,16H,5,11-13H2,1-2,4H3/t14-,16+/m0/s1. The van der Waals surface area contributed by atoms with Crippen LogP contribution in [0.5, 0.6) is 5.75 Å². The summed E-state index contributed by atoms with van der Waals surface area (Å²) in [6, 6.07) is 6.15. The minimum absolute atomic E-state index is 0.0587. The molecule has 8 nitrogen and oxygen atoms in total. The Bertz CT molecular complexity index is 1380. The predicted molar refractivity (Wildman–Crippen MR) is 125 cm³/mol. The first-order valence-electron chi connectivity index (χ1n) is 11.3. The molecule has 4 rings (SSSR count). The average molecular weight is 504 g/mol. The van der Waals surface area contributed by atoms with Gasteiger partial charge in [-0.2, -0.15) is 4.98 Å². The molecule has 2 atom stereocenters. The van der Waals surface area contributed by atoms with Crippen LogP contribution < -0.4 is 15.3 Å². The third kappa shape index (κ3) is 5.11. The lowest BCUT2D eigenvalue weighted by Crippen LogP contribution is -2.57.